The number of Topliss-reactive ketones (excluding diaryl/α,β-unsaturated/α-hetero) is 1. The number of nitrogens with zero attached hydrogens (tertiary/aromatic N) is 1. The van der Waals surface area contributed by atoms with Crippen molar-refractivity contribution < 1.29 is 19.8 Å². The van der Waals surface area contributed by atoms with Crippen LogP contribution in [0, 0.1) is 0 Å². The first-order valence-electron chi connectivity index (χ1n) is 9.10. The summed E-state index contributed by atoms with van der Waals surface area (Å²) in [5, 5.41) is 20.3. The molecule has 1 saturated heterocycles. The largest absolute Gasteiger partial charge is 0.507 e. The highest BCUT2D eigenvalue weighted by molar-refractivity contribution is 9.10. The van der Waals surface area contributed by atoms with Gasteiger partial charge in [-0.2, -0.15) is 0 Å². The molecule has 1 aliphatic heterocycles. The van der Waals surface area contributed by atoms with Crippen LogP contribution in [0.15, 0.2) is 58.6 Å². The number of benzene rings is 2. The minimum atomic E-state index is -0.744. The Kier molecular flexibility index (Phi) is 6.01. The second-order valence-corrected chi connectivity index (χ2v) is 7.96. The summed E-state index contributed by atoms with van der Waals surface area (Å²) in [6.45, 7) is 3.91. The van der Waals surface area contributed by atoms with Crippen LogP contribution >= 0.6 is 15.9 Å². The van der Waals surface area contributed by atoms with Crippen molar-refractivity contribution in [3.8, 4) is 0 Å². The molecule has 0 bridgehead atoms. The number of aliphatic hydroxyl groups is 2. The average Bonchev–Trinajstić information content (AvgIpc) is 2.93. The summed E-state index contributed by atoms with van der Waals surface area (Å²) >= 11 is 3.34. The molecule has 1 aliphatic rings. The Balaban J connectivity index is 2.14. The van der Waals surface area contributed by atoms with Crippen LogP contribution in [0.2, 0.25) is 0 Å². The van der Waals surface area contributed by atoms with E-state index < -0.39 is 17.7 Å². The smallest absolute Gasteiger partial charge is 0.295 e. The zero-order valence-corrected chi connectivity index (χ0v) is 17.3. The molecule has 1 fully saturated rings. The van der Waals surface area contributed by atoms with Crippen LogP contribution in [0.5, 0.6) is 0 Å². The van der Waals surface area contributed by atoms with Crippen molar-refractivity contribution in [2.24, 2.45) is 0 Å². The summed E-state index contributed by atoms with van der Waals surface area (Å²) in [5.74, 6) is -1.33. The fourth-order valence-electron chi connectivity index (χ4n) is 3.39. The van der Waals surface area contributed by atoms with Crippen LogP contribution in [0.1, 0.15) is 42.5 Å². The minimum Gasteiger partial charge on any atom is -0.507 e. The van der Waals surface area contributed by atoms with Gasteiger partial charge in [-0.15, -0.1) is 0 Å². The summed E-state index contributed by atoms with van der Waals surface area (Å²) in [4.78, 5) is 26.6. The standard InChI is InChI=1S/C22H22BrNO4/c1-13(2)14-3-5-15(6-4-14)19-18(21(27)22(28)24(19)11-12-25)20(26)16-7-9-17(23)10-8-16/h3-10,13,19,25-26H,11-12H2,1-2H3/b20-18+/t19-/m0/s1. The number of rotatable bonds is 5. The normalized spacial score (nSPS) is 18.9. The zero-order valence-electron chi connectivity index (χ0n) is 15.7. The molecule has 6 heteroatoms. The van der Waals surface area contributed by atoms with Gasteiger partial charge in [0.2, 0.25) is 0 Å². The first-order chi connectivity index (χ1) is 13.3. The lowest BCUT2D eigenvalue weighted by atomic mass is 9.93. The molecule has 0 saturated carbocycles. The lowest BCUT2D eigenvalue weighted by Gasteiger charge is -2.25. The number of likely N-dealkylation sites (tertiary alicyclic amines) is 1. The first-order valence-corrected chi connectivity index (χ1v) is 9.89. The molecule has 0 aliphatic carbocycles. The molecule has 1 heterocycles. The van der Waals surface area contributed by atoms with Gasteiger partial charge in [-0.05, 0) is 29.2 Å². The average molecular weight is 444 g/mol. The van der Waals surface area contributed by atoms with Gasteiger partial charge in [-0.3, -0.25) is 9.59 Å². The molecule has 1 amide bonds. The van der Waals surface area contributed by atoms with Gasteiger partial charge in [0.25, 0.3) is 11.7 Å². The summed E-state index contributed by atoms with van der Waals surface area (Å²) in [6.07, 6.45) is 0. The number of amides is 1. The van der Waals surface area contributed by atoms with Gasteiger partial charge in [-0.1, -0.05) is 66.2 Å². The molecular weight excluding hydrogens is 422 g/mol. The Morgan fingerprint density at radius 3 is 2.21 bits per heavy atom. The molecule has 0 unspecified atom stereocenters. The van der Waals surface area contributed by atoms with E-state index in [1.807, 2.05) is 24.3 Å². The lowest BCUT2D eigenvalue weighted by Crippen LogP contribution is -2.32. The number of halogens is 1. The summed E-state index contributed by atoms with van der Waals surface area (Å²) in [6, 6.07) is 13.8. The second kappa shape index (κ2) is 8.29. The van der Waals surface area contributed by atoms with Crippen molar-refractivity contribution in [1.29, 1.82) is 0 Å². The van der Waals surface area contributed by atoms with Gasteiger partial charge in [0.1, 0.15) is 5.76 Å². The Morgan fingerprint density at radius 2 is 1.68 bits per heavy atom. The SMILES string of the molecule is CC(C)c1ccc([C@H]2/C(=C(\O)c3ccc(Br)cc3)C(=O)C(=O)N2CCO)cc1. The van der Waals surface area contributed by atoms with Crippen LogP contribution < -0.4 is 0 Å². The predicted octanol–water partition coefficient (Wildman–Crippen LogP) is 3.99. The number of aliphatic hydroxyl groups excluding tert-OH is 2. The lowest BCUT2D eigenvalue weighted by molar-refractivity contribution is -0.140. The number of carbonyl (C=O) groups excluding carboxylic acids is 2. The summed E-state index contributed by atoms with van der Waals surface area (Å²) < 4.78 is 0.839. The molecular formula is C22H22BrNO4. The van der Waals surface area contributed by atoms with E-state index in [4.69, 9.17) is 0 Å². The van der Waals surface area contributed by atoms with Gasteiger partial charge in [0.15, 0.2) is 0 Å². The Labute approximate surface area is 172 Å². The monoisotopic (exact) mass is 443 g/mol. The quantitative estimate of drug-likeness (QED) is 0.416. The van der Waals surface area contributed by atoms with Crippen molar-refractivity contribution in [3.63, 3.8) is 0 Å². The molecule has 146 valence electrons. The van der Waals surface area contributed by atoms with Gasteiger partial charge < -0.3 is 15.1 Å². The molecule has 0 aromatic heterocycles. The van der Waals surface area contributed by atoms with Crippen molar-refractivity contribution in [1.82, 2.24) is 4.90 Å². The van der Waals surface area contributed by atoms with E-state index in [1.54, 1.807) is 24.3 Å². The van der Waals surface area contributed by atoms with Crippen LogP contribution in [0.4, 0.5) is 0 Å². The highest BCUT2D eigenvalue weighted by Gasteiger charge is 2.45. The number of β-amino-alcohol motifs (C(OH)–C–C–N with tert-alkyl or cyclic N) is 1. The number of ketones is 1. The predicted molar refractivity (Wildman–Crippen MR) is 111 cm³/mol. The summed E-state index contributed by atoms with van der Waals surface area (Å²) in [5.41, 5.74) is 2.35. The number of carbonyl (C=O) groups is 2. The topological polar surface area (TPSA) is 77.8 Å². The molecule has 2 aromatic rings. The number of hydrogen-bond donors (Lipinski definition) is 2. The third kappa shape index (κ3) is 3.75. The molecule has 5 nitrogen and oxygen atoms in total. The molecule has 2 N–H and O–H groups in total. The maximum atomic E-state index is 12.7. The van der Waals surface area contributed by atoms with E-state index in [2.05, 4.69) is 29.8 Å². The third-order valence-corrected chi connectivity index (χ3v) is 5.45. The van der Waals surface area contributed by atoms with Gasteiger partial charge in [0, 0.05) is 16.6 Å². The summed E-state index contributed by atoms with van der Waals surface area (Å²) in [7, 11) is 0. The molecule has 28 heavy (non-hydrogen) atoms. The molecule has 3 rings (SSSR count). The van der Waals surface area contributed by atoms with E-state index in [0.29, 0.717) is 11.5 Å². The molecule has 1 atom stereocenters. The van der Waals surface area contributed by atoms with Crippen molar-refractivity contribution >= 4 is 33.4 Å². The Hall–Kier alpha value is -2.44. The van der Waals surface area contributed by atoms with Crippen LogP contribution in [-0.2, 0) is 9.59 Å². The van der Waals surface area contributed by atoms with Crippen molar-refractivity contribution in [2.45, 2.75) is 25.8 Å². The maximum absolute atomic E-state index is 12.7. The first kappa shape index (κ1) is 20.3. The molecule has 2 aromatic carbocycles. The van der Waals surface area contributed by atoms with Crippen LogP contribution in [-0.4, -0.2) is 40.0 Å². The van der Waals surface area contributed by atoms with Crippen molar-refractivity contribution in [2.75, 3.05) is 13.2 Å². The van der Waals surface area contributed by atoms with Crippen LogP contribution in [0.3, 0.4) is 0 Å². The zero-order chi connectivity index (χ0) is 20.4. The Bertz CT molecular complexity index is 917. The van der Waals surface area contributed by atoms with E-state index in [0.717, 1.165) is 15.6 Å². The van der Waals surface area contributed by atoms with E-state index in [-0.39, 0.29) is 24.5 Å². The fraction of sp³-hybridized carbons (Fsp3) is 0.273. The van der Waals surface area contributed by atoms with E-state index >= 15 is 0 Å². The van der Waals surface area contributed by atoms with Gasteiger partial charge in [-0.25, -0.2) is 0 Å². The third-order valence-electron chi connectivity index (χ3n) is 4.92. The highest BCUT2D eigenvalue weighted by Crippen LogP contribution is 2.39. The van der Waals surface area contributed by atoms with Crippen molar-refractivity contribution in [3.05, 3.63) is 75.3 Å². The maximum Gasteiger partial charge on any atom is 0.295 e. The second-order valence-electron chi connectivity index (χ2n) is 7.04. The van der Waals surface area contributed by atoms with E-state index in [9.17, 15) is 19.8 Å². The van der Waals surface area contributed by atoms with Gasteiger partial charge >= 0.3 is 0 Å². The number of hydrogen-bond acceptors (Lipinski definition) is 4. The van der Waals surface area contributed by atoms with Crippen LogP contribution in [0.25, 0.3) is 5.76 Å². The molecule has 0 radical (unpaired) electrons. The minimum absolute atomic E-state index is 0.0122. The Morgan fingerprint density at radius 1 is 1.07 bits per heavy atom. The fourth-order valence-corrected chi connectivity index (χ4v) is 3.66. The molecule has 0 spiro atoms. The van der Waals surface area contributed by atoms with E-state index in [1.165, 1.54) is 4.90 Å². The van der Waals surface area contributed by atoms with Gasteiger partial charge in [0.05, 0.1) is 18.2 Å². The highest BCUT2D eigenvalue weighted by atomic mass is 79.9.